The van der Waals surface area contributed by atoms with Gasteiger partial charge in [-0.25, -0.2) is 0 Å². The fraction of sp³-hybridized carbons (Fsp3) is 0.462. The second-order valence-electron chi connectivity index (χ2n) is 8.87. The van der Waals surface area contributed by atoms with E-state index < -0.39 is 0 Å². The molecule has 29 heavy (non-hydrogen) atoms. The zero-order valence-electron chi connectivity index (χ0n) is 18.0. The summed E-state index contributed by atoms with van der Waals surface area (Å²) in [6, 6.07) is 19.4. The number of H-pyrrole nitrogens is 1. The maximum atomic E-state index is 11.0. The van der Waals surface area contributed by atoms with Gasteiger partial charge in [0.05, 0.1) is 6.10 Å². The monoisotopic (exact) mass is 390 g/mol. The second-order valence-corrected chi connectivity index (χ2v) is 8.87. The second kappa shape index (κ2) is 8.33. The summed E-state index contributed by atoms with van der Waals surface area (Å²) in [4.78, 5) is 6.11. The average molecular weight is 391 g/mol. The number of nitrogens with zero attached hydrogens (tertiary/aromatic N) is 1. The number of benzene rings is 2. The molecule has 2 aromatic carbocycles. The summed E-state index contributed by atoms with van der Waals surface area (Å²) in [7, 11) is 4.43. The van der Waals surface area contributed by atoms with Crippen molar-refractivity contribution in [3.63, 3.8) is 0 Å². The van der Waals surface area contributed by atoms with E-state index >= 15 is 0 Å². The number of para-hydroxylation sites is 1. The van der Waals surface area contributed by atoms with E-state index in [-0.39, 0.29) is 11.6 Å². The van der Waals surface area contributed by atoms with Crippen LogP contribution in [0.2, 0.25) is 0 Å². The Balaban J connectivity index is 1.66. The molecule has 0 spiro atoms. The van der Waals surface area contributed by atoms with Crippen LogP contribution in [0.4, 0.5) is 0 Å². The number of fused-ring (bicyclic) bond motifs is 1. The maximum Gasteiger partial charge on any atom is 0.0813 e. The van der Waals surface area contributed by atoms with Gasteiger partial charge in [-0.1, -0.05) is 61.9 Å². The number of hydrogen-bond donors (Lipinski definition) is 2. The lowest BCUT2D eigenvalue weighted by molar-refractivity contribution is 0.0895. The van der Waals surface area contributed by atoms with E-state index in [0.717, 1.165) is 49.6 Å². The number of hydrogen-bond acceptors (Lipinski definition) is 2. The Morgan fingerprint density at radius 3 is 2.34 bits per heavy atom. The van der Waals surface area contributed by atoms with E-state index in [1.165, 1.54) is 16.6 Å². The van der Waals surface area contributed by atoms with Gasteiger partial charge in [-0.3, -0.25) is 4.90 Å². The summed E-state index contributed by atoms with van der Waals surface area (Å²) in [6.07, 6.45) is 5.94. The Morgan fingerprint density at radius 1 is 1.03 bits per heavy atom. The Hall–Kier alpha value is -2.10. The molecule has 1 fully saturated rings. The first kappa shape index (κ1) is 20.2. The molecule has 1 aromatic heterocycles. The van der Waals surface area contributed by atoms with Crippen molar-refractivity contribution in [1.82, 2.24) is 9.88 Å². The highest BCUT2D eigenvalue weighted by molar-refractivity contribution is 5.85. The van der Waals surface area contributed by atoms with Crippen molar-refractivity contribution in [3.8, 4) is 0 Å². The average Bonchev–Trinajstić information content (AvgIpc) is 3.14. The molecule has 3 nitrogen and oxygen atoms in total. The SMILES string of the molecule is CCCC(O)c1c(C2CCC(c3ccccc3)(N(C)C)CC2)[nH]c2ccccc12. The van der Waals surface area contributed by atoms with Crippen LogP contribution < -0.4 is 0 Å². The van der Waals surface area contributed by atoms with E-state index in [0.29, 0.717) is 5.92 Å². The minimum Gasteiger partial charge on any atom is -0.388 e. The van der Waals surface area contributed by atoms with Crippen molar-refractivity contribution in [1.29, 1.82) is 0 Å². The van der Waals surface area contributed by atoms with Gasteiger partial charge in [0.2, 0.25) is 0 Å². The number of rotatable bonds is 6. The molecule has 1 saturated carbocycles. The van der Waals surface area contributed by atoms with Gasteiger partial charge in [0.15, 0.2) is 0 Å². The van der Waals surface area contributed by atoms with Gasteiger partial charge in [0.25, 0.3) is 0 Å². The normalized spacial score (nSPS) is 23.6. The topological polar surface area (TPSA) is 39.3 Å². The standard InChI is InChI=1S/C26H34N2O/c1-4-10-23(29)24-21-13-8-9-14-22(21)27-25(24)19-15-17-26(18-16-19,28(2)3)20-11-6-5-7-12-20/h5-9,11-14,19,23,27,29H,4,10,15-18H2,1-3H3. The summed E-state index contributed by atoms with van der Waals surface area (Å²) in [6.45, 7) is 2.14. The molecule has 2 N–H and O–H groups in total. The van der Waals surface area contributed by atoms with E-state index in [9.17, 15) is 5.11 Å². The van der Waals surface area contributed by atoms with Gasteiger partial charge in [-0.15, -0.1) is 0 Å². The zero-order valence-corrected chi connectivity index (χ0v) is 18.0. The van der Waals surface area contributed by atoms with E-state index in [4.69, 9.17) is 0 Å². The summed E-state index contributed by atoms with van der Waals surface area (Å²) in [5.41, 5.74) is 5.09. The number of aromatic nitrogens is 1. The van der Waals surface area contributed by atoms with Gasteiger partial charge >= 0.3 is 0 Å². The predicted octanol–water partition coefficient (Wildman–Crippen LogP) is 6.12. The molecule has 1 atom stereocenters. The highest BCUT2D eigenvalue weighted by atomic mass is 16.3. The summed E-state index contributed by atoms with van der Waals surface area (Å²) >= 11 is 0. The van der Waals surface area contributed by atoms with Crippen molar-refractivity contribution < 1.29 is 5.11 Å². The van der Waals surface area contributed by atoms with Crippen molar-refractivity contribution in [2.24, 2.45) is 0 Å². The van der Waals surface area contributed by atoms with E-state index in [2.05, 4.69) is 85.5 Å². The Kier molecular flexibility index (Phi) is 5.80. The van der Waals surface area contributed by atoms with Gasteiger partial charge < -0.3 is 10.1 Å². The minimum atomic E-state index is -0.388. The van der Waals surface area contributed by atoms with Crippen molar-refractivity contribution in [2.45, 2.75) is 63.0 Å². The molecule has 0 bridgehead atoms. The molecule has 1 heterocycles. The zero-order chi connectivity index (χ0) is 20.4. The quantitative estimate of drug-likeness (QED) is 0.532. The van der Waals surface area contributed by atoms with Crippen molar-refractivity contribution in [3.05, 3.63) is 71.4 Å². The number of aliphatic hydroxyl groups is 1. The van der Waals surface area contributed by atoms with Crippen LogP contribution in [0, 0.1) is 0 Å². The molecule has 0 radical (unpaired) electrons. The molecular weight excluding hydrogens is 356 g/mol. The summed E-state index contributed by atoms with van der Waals surface area (Å²) in [5.74, 6) is 0.473. The Labute approximate surface area is 174 Å². The predicted molar refractivity (Wildman–Crippen MR) is 121 cm³/mol. The first-order chi connectivity index (χ1) is 14.1. The number of nitrogens with one attached hydrogen (secondary N) is 1. The molecule has 4 rings (SSSR count). The first-order valence-corrected chi connectivity index (χ1v) is 11.1. The summed E-state index contributed by atoms with van der Waals surface area (Å²) < 4.78 is 0. The minimum absolute atomic E-state index is 0.103. The molecule has 0 saturated heterocycles. The molecule has 0 amide bonds. The van der Waals surface area contributed by atoms with Crippen LogP contribution in [-0.4, -0.2) is 29.1 Å². The fourth-order valence-electron chi connectivity index (χ4n) is 5.41. The van der Waals surface area contributed by atoms with Gasteiger partial charge in [0, 0.05) is 27.7 Å². The molecule has 1 aliphatic carbocycles. The van der Waals surface area contributed by atoms with Gasteiger partial charge in [-0.05, 0) is 63.7 Å². The molecule has 1 unspecified atom stereocenters. The van der Waals surface area contributed by atoms with Crippen LogP contribution in [0.1, 0.15) is 74.3 Å². The first-order valence-electron chi connectivity index (χ1n) is 11.1. The third-order valence-corrected chi connectivity index (χ3v) is 7.06. The molecule has 3 heteroatoms. The number of aromatic amines is 1. The van der Waals surface area contributed by atoms with Crippen LogP contribution >= 0.6 is 0 Å². The third-order valence-electron chi connectivity index (χ3n) is 7.06. The molecular formula is C26H34N2O. The summed E-state index contributed by atoms with van der Waals surface area (Å²) in [5, 5.41) is 12.2. The van der Waals surface area contributed by atoms with Gasteiger partial charge in [-0.2, -0.15) is 0 Å². The third kappa shape index (κ3) is 3.62. The lowest BCUT2D eigenvalue weighted by Crippen LogP contribution is -2.44. The Morgan fingerprint density at radius 2 is 1.69 bits per heavy atom. The van der Waals surface area contributed by atoms with E-state index in [1.807, 2.05) is 0 Å². The van der Waals surface area contributed by atoms with Crippen molar-refractivity contribution in [2.75, 3.05) is 14.1 Å². The van der Waals surface area contributed by atoms with Crippen LogP contribution in [0.25, 0.3) is 10.9 Å². The fourth-order valence-corrected chi connectivity index (χ4v) is 5.41. The maximum absolute atomic E-state index is 11.0. The molecule has 1 aliphatic rings. The molecule has 3 aromatic rings. The van der Waals surface area contributed by atoms with Crippen LogP contribution in [0.15, 0.2) is 54.6 Å². The molecule has 0 aliphatic heterocycles. The lowest BCUT2D eigenvalue weighted by Gasteiger charge is -2.45. The van der Waals surface area contributed by atoms with E-state index in [1.54, 1.807) is 0 Å². The molecule has 154 valence electrons. The largest absolute Gasteiger partial charge is 0.388 e. The van der Waals surface area contributed by atoms with Crippen LogP contribution in [0.3, 0.4) is 0 Å². The van der Waals surface area contributed by atoms with Gasteiger partial charge in [0.1, 0.15) is 0 Å². The van der Waals surface area contributed by atoms with Crippen LogP contribution in [0.5, 0.6) is 0 Å². The highest BCUT2D eigenvalue weighted by Gasteiger charge is 2.40. The number of aliphatic hydroxyl groups excluding tert-OH is 1. The highest BCUT2D eigenvalue weighted by Crippen LogP contribution is 2.48. The van der Waals surface area contributed by atoms with Crippen molar-refractivity contribution >= 4 is 10.9 Å². The lowest BCUT2D eigenvalue weighted by atomic mass is 9.70. The Bertz CT molecular complexity index is 936. The van der Waals surface area contributed by atoms with Crippen LogP contribution in [-0.2, 0) is 5.54 Å². The smallest absolute Gasteiger partial charge is 0.0813 e.